The highest BCUT2D eigenvalue weighted by Gasteiger charge is 2.40. The van der Waals surface area contributed by atoms with E-state index in [-0.39, 0.29) is 35.6 Å². The van der Waals surface area contributed by atoms with Gasteiger partial charge in [0.25, 0.3) is 5.91 Å². The maximum atomic E-state index is 12.9. The van der Waals surface area contributed by atoms with Crippen LogP contribution in [-0.4, -0.2) is 41.6 Å². The van der Waals surface area contributed by atoms with E-state index in [1.165, 1.54) is 31.4 Å². The number of nitrogens with zero attached hydrogens (tertiary/aromatic N) is 1. The van der Waals surface area contributed by atoms with Gasteiger partial charge < -0.3 is 19.9 Å². The highest BCUT2D eigenvalue weighted by molar-refractivity contribution is 5.98. The molecule has 2 fully saturated rings. The first-order chi connectivity index (χ1) is 15.1. The molecule has 0 radical (unpaired) electrons. The number of nitrogens with one attached hydrogen (secondary N) is 1. The molecule has 0 spiro atoms. The summed E-state index contributed by atoms with van der Waals surface area (Å²) in [6, 6.07) is 7.14. The highest BCUT2D eigenvalue weighted by atomic mass is 19.4. The second-order valence-electron chi connectivity index (χ2n) is 8.64. The molecule has 1 unspecified atom stereocenters. The molecule has 1 aromatic heterocycles. The first-order valence-electron chi connectivity index (χ1n) is 10.5. The van der Waals surface area contributed by atoms with Gasteiger partial charge in [-0.3, -0.25) is 4.79 Å². The van der Waals surface area contributed by atoms with Gasteiger partial charge in [0.15, 0.2) is 0 Å². The lowest BCUT2D eigenvalue weighted by Crippen LogP contribution is -2.42. The number of methoxy groups -OCH3 is 1. The van der Waals surface area contributed by atoms with Crippen LogP contribution in [-0.2, 0) is 0 Å². The van der Waals surface area contributed by atoms with Crippen LogP contribution in [0, 0.1) is 5.92 Å². The van der Waals surface area contributed by atoms with Gasteiger partial charge in [0.1, 0.15) is 11.3 Å². The molecule has 6 nitrogen and oxygen atoms in total. The number of benzene rings is 1. The third-order valence-electron chi connectivity index (χ3n) is 5.88. The van der Waals surface area contributed by atoms with E-state index in [9.17, 15) is 23.1 Å². The van der Waals surface area contributed by atoms with E-state index < -0.39 is 17.9 Å². The summed E-state index contributed by atoms with van der Waals surface area (Å²) in [5, 5.41) is 13.2. The lowest BCUT2D eigenvalue weighted by atomic mass is 9.98. The van der Waals surface area contributed by atoms with Crippen LogP contribution in [0.15, 0.2) is 30.3 Å². The van der Waals surface area contributed by atoms with Crippen LogP contribution >= 0.6 is 0 Å². The Morgan fingerprint density at radius 1 is 1.19 bits per heavy atom. The van der Waals surface area contributed by atoms with Gasteiger partial charge >= 0.3 is 6.36 Å². The third kappa shape index (κ3) is 5.15. The van der Waals surface area contributed by atoms with E-state index in [0.29, 0.717) is 11.1 Å². The normalized spacial score (nSPS) is 18.1. The largest absolute Gasteiger partial charge is 0.573 e. The minimum Gasteiger partial charge on any atom is -0.480 e. The molecule has 0 aliphatic heterocycles. The van der Waals surface area contributed by atoms with E-state index in [4.69, 9.17) is 4.74 Å². The molecule has 2 saturated carbocycles. The van der Waals surface area contributed by atoms with Crippen molar-refractivity contribution < 1.29 is 32.5 Å². The number of alkyl halides is 3. The molecular weight excluding hydrogens is 425 g/mol. The number of hydrogen-bond acceptors (Lipinski definition) is 5. The van der Waals surface area contributed by atoms with Crippen molar-refractivity contribution in [1.29, 1.82) is 0 Å². The van der Waals surface area contributed by atoms with Crippen molar-refractivity contribution in [2.24, 2.45) is 5.92 Å². The number of halogens is 3. The summed E-state index contributed by atoms with van der Waals surface area (Å²) in [5.41, 5.74) is 1.24. The molecule has 2 aromatic rings. The van der Waals surface area contributed by atoms with E-state index in [2.05, 4.69) is 15.0 Å². The number of carbonyl (C=O) groups is 1. The molecule has 1 aromatic carbocycles. The first-order valence-corrected chi connectivity index (χ1v) is 10.5. The van der Waals surface area contributed by atoms with Gasteiger partial charge in [-0.05, 0) is 62.3 Å². The van der Waals surface area contributed by atoms with Crippen molar-refractivity contribution in [3.63, 3.8) is 0 Å². The Bertz CT molecular complexity index is 998. The molecule has 2 N–H and O–H groups in total. The lowest BCUT2D eigenvalue weighted by Gasteiger charge is -2.23. The molecule has 4 rings (SSSR count). The van der Waals surface area contributed by atoms with Gasteiger partial charge in [0.05, 0.1) is 18.4 Å². The summed E-state index contributed by atoms with van der Waals surface area (Å²) in [6.45, 7) is 1.80. The fourth-order valence-corrected chi connectivity index (χ4v) is 3.77. The zero-order chi connectivity index (χ0) is 23.1. The van der Waals surface area contributed by atoms with Crippen LogP contribution in [0.4, 0.5) is 13.2 Å². The van der Waals surface area contributed by atoms with Crippen LogP contribution in [0.3, 0.4) is 0 Å². The molecule has 32 heavy (non-hydrogen) atoms. The number of aromatic nitrogens is 1. The number of rotatable bonds is 8. The molecule has 1 amide bonds. The van der Waals surface area contributed by atoms with Gasteiger partial charge in [-0.15, -0.1) is 13.2 Å². The highest BCUT2D eigenvalue weighted by Crippen LogP contribution is 2.45. The Labute approximate surface area is 183 Å². The van der Waals surface area contributed by atoms with Gasteiger partial charge in [0.2, 0.25) is 5.88 Å². The summed E-state index contributed by atoms with van der Waals surface area (Å²) >= 11 is 0. The van der Waals surface area contributed by atoms with E-state index in [0.717, 1.165) is 31.4 Å². The molecule has 172 valence electrons. The predicted molar refractivity (Wildman–Crippen MR) is 111 cm³/mol. The van der Waals surface area contributed by atoms with Crippen LogP contribution in [0.25, 0.3) is 11.1 Å². The number of pyridine rings is 1. The molecule has 1 heterocycles. The summed E-state index contributed by atoms with van der Waals surface area (Å²) in [4.78, 5) is 17.5. The van der Waals surface area contributed by atoms with Gasteiger partial charge in [0, 0.05) is 18.0 Å². The molecule has 0 saturated heterocycles. The first kappa shape index (κ1) is 22.4. The van der Waals surface area contributed by atoms with Crippen molar-refractivity contribution in [2.45, 2.75) is 50.5 Å². The molecule has 9 heteroatoms. The number of aliphatic hydroxyl groups is 1. The topological polar surface area (TPSA) is 80.7 Å². The summed E-state index contributed by atoms with van der Waals surface area (Å²) in [5.74, 6) is -0.200. The van der Waals surface area contributed by atoms with Gasteiger partial charge in [-0.2, -0.15) is 0 Å². The molecule has 2 aliphatic rings. The van der Waals surface area contributed by atoms with Gasteiger partial charge in [-0.25, -0.2) is 4.98 Å². The monoisotopic (exact) mass is 450 g/mol. The second-order valence-corrected chi connectivity index (χ2v) is 8.64. The quantitative estimate of drug-likeness (QED) is 0.622. The van der Waals surface area contributed by atoms with E-state index >= 15 is 0 Å². The number of carbonyl (C=O) groups excluding carboxylic acids is 1. The standard InChI is InChI=1S/C23H25F3N2O4/c1-22(30,15-7-8-15)12-27-20(29)18-11-17(19(14-3-4-14)28-21(18)31-2)13-5-9-16(10-6-13)32-23(24,25)26/h5-6,9-11,14-15,30H,3-4,7-8,12H2,1-2H3,(H,27,29). The summed E-state index contributed by atoms with van der Waals surface area (Å²) < 4.78 is 46.7. The Morgan fingerprint density at radius 2 is 1.84 bits per heavy atom. The van der Waals surface area contributed by atoms with Gasteiger partial charge in [-0.1, -0.05) is 12.1 Å². The second kappa shape index (κ2) is 8.27. The van der Waals surface area contributed by atoms with Crippen molar-refractivity contribution in [2.75, 3.05) is 13.7 Å². The maximum absolute atomic E-state index is 12.9. The molecule has 2 aliphatic carbocycles. The lowest BCUT2D eigenvalue weighted by molar-refractivity contribution is -0.274. The van der Waals surface area contributed by atoms with E-state index in [1.54, 1.807) is 13.0 Å². The Morgan fingerprint density at radius 3 is 2.38 bits per heavy atom. The van der Waals surface area contributed by atoms with E-state index in [1.807, 2.05) is 0 Å². The number of hydrogen-bond donors (Lipinski definition) is 2. The van der Waals surface area contributed by atoms with Crippen molar-refractivity contribution in [3.05, 3.63) is 41.6 Å². The van der Waals surface area contributed by atoms with Crippen molar-refractivity contribution in [3.8, 4) is 22.8 Å². The van der Waals surface area contributed by atoms with Crippen molar-refractivity contribution in [1.82, 2.24) is 10.3 Å². The zero-order valence-electron chi connectivity index (χ0n) is 17.8. The Kier molecular flexibility index (Phi) is 5.79. The number of amides is 1. The minimum absolute atomic E-state index is 0.100. The Balaban J connectivity index is 1.63. The molecular formula is C23H25F3N2O4. The van der Waals surface area contributed by atoms with Crippen LogP contribution in [0.2, 0.25) is 0 Å². The smallest absolute Gasteiger partial charge is 0.480 e. The number of ether oxygens (including phenoxy) is 2. The minimum atomic E-state index is -4.77. The maximum Gasteiger partial charge on any atom is 0.573 e. The predicted octanol–water partition coefficient (Wildman–Crippen LogP) is 4.42. The third-order valence-corrected chi connectivity index (χ3v) is 5.88. The zero-order valence-corrected chi connectivity index (χ0v) is 17.8. The fraction of sp³-hybridized carbons (Fsp3) is 0.478. The Hall–Kier alpha value is -2.81. The summed E-state index contributed by atoms with van der Waals surface area (Å²) in [7, 11) is 1.43. The van der Waals surface area contributed by atoms with Crippen LogP contribution in [0.1, 0.15) is 54.6 Å². The fourth-order valence-electron chi connectivity index (χ4n) is 3.77. The molecule has 1 atom stereocenters. The van der Waals surface area contributed by atoms with Crippen LogP contribution in [0.5, 0.6) is 11.6 Å². The molecule has 0 bridgehead atoms. The average Bonchev–Trinajstić information content (AvgIpc) is 3.63. The average molecular weight is 450 g/mol. The van der Waals surface area contributed by atoms with Crippen LogP contribution < -0.4 is 14.8 Å². The SMILES string of the molecule is COc1nc(C2CC2)c(-c2ccc(OC(F)(F)F)cc2)cc1C(=O)NCC(C)(O)C1CC1. The summed E-state index contributed by atoms with van der Waals surface area (Å²) in [6.07, 6.45) is -1.03. The van der Waals surface area contributed by atoms with Crippen molar-refractivity contribution >= 4 is 5.91 Å².